The summed E-state index contributed by atoms with van der Waals surface area (Å²) in [4.78, 5) is 11.1. The number of carboxylic acid groups (broad SMARTS) is 1. The molecule has 0 saturated carbocycles. The van der Waals surface area contributed by atoms with Gasteiger partial charge in [-0.1, -0.05) is 6.92 Å². The Labute approximate surface area is 118 Å². The Morgan fingerprint density at radius 1 is 1.45 bits per heavy atom. The fraction of sp³-hybridized carbons (Fsp3) is 0.583. The molecule has 2 N–H and O–H groups in total. The van der Waals surface area contributed by atoms with E-state index in [1.807, 2.05) is 0 Å². The van der Waals surface area contributed by atoms with Crippen LogP contribution in [0.4, 0.5) is 0 Å². The van der Waals surface area contributed by atoms with Gasteiger partial charge in [0.15, 0.2) is 0 Å². The lowest BCUT2D eigenvalue weighted by Gasteiger charge is -2.18. The first-order valence-electron chi connectivity index (χ1n) is 6.31. The van der Waals surface area contributed by atoms with E-state index in [-0.39, 0.29) is 36.3 Å². The van der Waals surface area contributed by atoms with Crippen LogP contribution in [-0.4, -0.2) is 53.2 Å². The van der Waals surface area contributed by atoms with Crippen LogP contribution in [0.25, 0.3) is 0 Å². The largest absolute Gasteiger partial charge is 0.477 e. The molecule has 7 nitrogen and oxygen atoms in total. The predicted molar refractivity (Wildman–Crippen MR) is 73.3 cm³/mol. The van der Waals surface area contributed by atoms with E-state index in [1.54, 1.807) is 20.8 Å². The molecule has 0 radical (unpaired) electrons. The normalized spacial score (nSPS) is 12.3. The molecule has 1 aromatic heterocycles. The zero-order chi connectivity index (χ0) is 15.5. The third-order valence-corrected chi connectivity index (χ3v) is 4.88. The van der Waals surface area contributed by atoms with Crippen molar-refractivity contribution >= 4 is 16.0 Å². The minimum absolute atomic E-state index is 0.0197. The van der Waals surface area contributed by atoms with Crippen LogP contribution in [0.5, 0.6) is 0 Å². The van der Waals surface area contributed by atoms with Crippen LogP contribution in [0, 0.1) is 0 Å². The summed E-state index contributed by atoms with van der Waals surface area (Å²) in [5.41, 5.74) is -0.0707. The first kappa shape index (κ1) is 16.7. The van der Waals surface area contributed by atoms with E-state index in [0.717, 1.165) is 10.4 Å². The van der Waals surface area contributed by atoms with Gasteiger partial charge in [0, 0.05) is 25.3 Å². The molecular weight excluding hydrogens is 284 g/mol. The van der Waals surface area contributed by atoms with Crippen LogP contribution in [0.3, 0.4) is 0 Å². The molecule has 0 aromatic carbocycles. The van der Waals surface area contributed by atoms with Crippen molar-refractivity contribution < 1.29 is 23.4 Å². The predicted octanol–water partition coefficient (Wildman–Crippen LogP) is 0.770. The van der Waals surface area contributed by atoms with Crippen molar-refractivity contribution in [2.75, 3.05) is 19.7 Å². The number of hydrogen-bond donors (Lipinski definition) is 2. The van der Waals surface area contributed by atoms with Crippen molar-refractivity contribution in [3.05, 3.63) is 18.0 Å². The second kappa shape index (κ2) is 6.38. The summed E-state index contributed by atoms with van der Waals surface area (Å²) in [6.07, 6.45) is 1.32. The molecule has 0 bridgehead atoms. The van der Waals surface area contributed by atoms with Crippen LogP contribution < -0.4 is 0 Å². The highest BCUT2D eigenvalue weighted by Gasteiger charge is 2.27. The molecule has 0 aliphatic heterocycles. The van der Waals surface area contributed by atoms with E-state index >= 15 is 0 Å². The smallest absolute Gasteiger partial charge is 0.352 e. The maximum Gasteiger partial charge on any atom is 0.352 e. The van der Waals surface area contributed by atoms with Gasteiger partial charge < -0.3 is 14.8 Å². The molecule has 20 heavy (non-hydrogen) atoms. The number of hydrogen-bond acceptors (Lipinski definition) is 4. The Bertz CT molecular complexity index is 577. The molecular formula is C12H20N2O5S. The summed E-state index contributed by atoms with van der Waals surface area (Å²) in [7, 11) is -3.79. The number of aromatic nitrogens is 1. The van der Waals surface area contributed by atoms with Gasteiger partial charge in [-0.15, -0.1) is 0 Å². The van der Waals surface area contributed by atoms with Gasteiger partial charge in [0.05, 0.1) is 6.61 Å². The lowest BCUT2D eigenvalue weighted by atomic mass is 10.3. The first-order chi connectivity index (χ1) is 9.25. The lowest BCUT2D eigenvalue weighted by molar-refractivity contribution is 0.0683. The molecule has 1 aromatic rings. The minimum Gasteiger partial charge on any atom is -0.477 e. The minimum atomic E-state index is -3.79. The van der Waals surface area contributed by atoms with Gasteiger partial charge in [0.2, 0.25) is 10.0 Å². The number of rotatable bonds is 7. The lowest BCUT2D eigenvalue weighted by Crippen LogP contribution is -2.33. The van der Waals surface area contributed by atoms with Crippen molar-refractivity contribution in [2.45, 2.75) is 31.7 Å². The quantitative estimate of drug-likeness (QED) is 0.775. The summed E-state index contributed by atoms with van der Waals surface area (Å²) >= 11 is 0. The Kier molecular flexibility index (Phi) is 5.32. The Balaban J connectivity index is 3.32. The zero-order valence-electron chi connectivity index (χ0n) is 11.8. The van der Waals surface area contributed by atoms with Crippen LogP contribution in [0.1, 0.15) is 37.3 Å². The molecule has 0 aliphatic rings. The summed E-state index contributed by atoms with van der Waals surface area (Å²) in [5.74, 6) is -1.18. The van der Waals surface area contributed by atoms with Gasteiger partial charge in [0.25, 0.3) is 0 Å². The molecule has 0 amide bonds. The van der Waals surface area contributed by atoms with Gasteiger partial charge in [-0.3, -0.25) is 0 Å². The summed E-state index contributed by atoms with van der Waals surface area (Å²) in [6, 6.07) is 0.982. The maximum absolute atomic E-state index is 12.4. The third kappa shape index (κ3) is 3.20. The number of sulfonamides is 1. The zero-order valence-corrected chi connectivity index (χ0v) is 12.6. The number of carbonyl (C=O) groups is 1. The molecule has 1 rings (SSSR count). The second-order valence-electron chi connectivity index (χ2n) is 4.59. The summed E-state index contributed by atoms with van der Waals surface area (Å²) < 4.78 is 27.3. The highest BCUT2D eigenvalue weighted by molar-refractivity contribution is 7.89. The molecule has 114 valence electrons. The van der Waals surface area contributed by atoms with Crippen LogP contribution in [-0.2, 0) is 10.0 Å². The van der Waals surface area contributed by atoms with E-state index in [1.165, 1.54) is 10.8 Å². The first-order valence-corrected chi connectivity index (χ1v) is 7.75. The van der Waals surface area contributed by atoms with Crippen molar-refractivity contribution in [3.63, 3.8) is 0 Å². The van der Waals surface area contributed by atoms with Gasteiger partial charge in [0.1, 0.15) is 10.6 Å². The van der Waals surface area contributed by atoms with Crippen molar-refractivity contribution in [2.24, 2.45) is 0 Å². The fourth-order valence-corrected chi connectivity index (χ4v) is 3.37. The van der Waals surface area contributed by atoms with Crippen molar-refractivity contribution in [1.82, 2.24) is 8.87 Å². The van der Waals surface area contributed by atoms with Gasteiger partial charge in [-0.2, -0.15) is 4.31 Å². The average molecular weight is 304 g/mol. The number of aromatic carboxylic acids is 1. The van der Waals surface area contributed by atoms with Gasteiger partial charge in [-0.05, 0) is 19.9 Å². The monoisotopic (exact) mass is 304 g/mol. The average Bonchev–Trinajstić information content (AvgIpc) is 2.81. The van der Waals surface area contributed by atoms with E-state index in [0.29, 0.717) is 0 Å². The van der Waals surface area contributed by atoms with Crippen molar-refractivity contribution in [3.8, 4) is 0 Å². The van der Waals surface area contributed by atoms with Crippen LogP contribution in [0.2, 0.25) is 0 Å². The SMILES string of the molecule is CCN(CCO)S(=O)(=O)c1cc(C(=O)O)n(C(C)C)c1. The fourth-order valence-electron chi connectivity index (χ4n) is 1.90. The molecule has 0 aliphatic carbocycles. The molecule has 0 saturated heterocycles. The number of aliphatic hydroxyl groups excluding tert-OH is 1. The van der Waals surface area contributed by atoms with Crippen molar-refractivity contribution in [1.29, 1.82) is 0 Å². The summed E-state index contributed by atoms with van der Waals surface area (Å²) in [6.45, 7) is 5.10. The van der Waals surface area contributed by atoms with Crippen LogP contribution in [0.15, 0.2) is 17.2 Å². The van der Waals surface area contributed by atoms with E-state index < -0.39 is 16.0 Å². The molecule has 0 spiro atoms. The van der Waals surface area contributed by atoms with E-state index in [2.05, 4.69) is 0 Å². The number of likely N-dealkylation sites (N-methyl/N-ethyl adjacent to an activating group) is 1. The third-order valence-electron chi connectivity index (χ3n) is 2.94. The Morgan fingerprint density at radius 2 is 2.05 bits per heavy atom. The van der Waals surface area contributed by atoms with Gasteiger partial charge in [-0.25, -0.2) is 13.2 Å². The molecule has 0 atom stereocenters. The summed E-state index contributed by atoms with van der Waals surface area (Å²) in [5, 5.41) is 18.0. The highest BCUT2D eigenvalue weighted by atomic mass is 32.2. The standard InChI is InChI=1S/C12H20N2O5S/c1-4-13(5-6-15)20(18,19)10-7-11(12(16)17)14(8-10)9(2)3/h7-9,15H,4-6H2,1-3H3,(H,16,17). The second-order valence-corrected chi connectivity index (χ2v) is 6.53. The maximum atomic E-state index is 12.4. The van der Waals surface area contributed by atoms with E-state index in [9.17, 15) is 13.2 Å². The number of aliphatic hydroxyl groups is 1. The highest BCUT2D eigenvalue weighted by Crippen LogP contribution is 2.22. The Hall–Kier alpha value is -1.38. The van der Waals surface area contributed by atoms with Gasteiger partial charge >= 0.3 is 5.97 Å². The Morgan fingerprint density at radius 3 is 2.40 bits per heavy atom. The molecule has 0 unspecified atom stereocenters. The topological polar surface area (TPSA) is 99.8 Å². The van der Waals surface area contributed by atoms with Crippen LogP contribution >= 0.6 is 0 Å². The number of nitrogens with zero attached hydrogens (tertiary/aromatic N) is 2. The molecule has 8 heteroatoms. The molecule has 0 fully saturated rings. The molecule has 1 heterocycles. The number of carboxylic acids is 1. The van der Waals surface area contributed by atoms with E-state index in [4.69, 9.17) is 10.2 Å².